The molecule has 7 unspecified atom stereocenters. The van der Waals surface area contributed by atoms with Crippen molar-refractivity contribution in [1.29, 1.82) is 0 Å². The molecule has 7 atom stereocenters. The number of rotatable bonds is 3. The van der Waals surface area contributed by atoms with Crippen LogP contribution in [0.1, 0.15) is 171 Å². The standard InChI is InChI=1S/C53H76N6O6S2/c1-34(60)64-42-12-10-37-27-39(47(63)48-46(37)38-15-22-52(65-48)20-4-6-40(52)28-38)32-59-33-50(31-45(59)62,30-36-16-24-56-44(54)26-36)23-25-57-49(55)58-53(21-5-19-51(53)17-2-3-18-51)67-66-43-13-8-35(9-14-43)7-11-41(61)29-42/h15-16,22,26-27,35,38,40-43,56,61,63H,2-14,17-21,23-25,28-33,54H2,1H3,(H3,55,57,58). The minimum Gasteiger partial charge on any atom is -0.504 e. The highest BCUT2D eigenvalue weighted by Crippen LogP contribution is 2.64. The number of hydrogen-bond donors (Lipinski definition) is 6. The third-order valence-electron chi connectivity index (χ3n) is 17.9. The Morgan fingerprint density at radius 2 is 1.79 bits per heavy atom. The van der Waals surface area contributed by atoms with Crippen molar-refractivity contribution < 1.29 is 29.3 Å². The highest BCUT2D eigenvalue weighted by atomic mass is 33.1. The van der Waals surface area contributed by atoms with E-state index in [0.717, 1.165) is 55.2 Å². The second kappa shape index (κ2) is 19.4. The van der Waals surface area contributed by atoms with E-state index >= 15 is 0 Å². The van der Waals surface area contributed by atoms with Gasteiger partial charge in [0.15, 0.2) is 17.5 Å². The molecule has 5 aliphatic carbocycles. The number of phenolic OH excluding ortho intramolecular Hbond substituents is 1. The molecule has 1 aromatic carbocycles. The molecule has 8 N–H and O–H groups in total. The average Bonchev–Trinajstić information content (AvgIpc) is 4.05. The van der Waals surface area contributed by atoms with Gasteiger partial charge in [0, 0.05) is 85.0 Å². The largest absolute Gasteiger partial charge is 0.504 e. The van der Waals surface area contributed by atoms with Gasteiger partial charge in [-0.1, -0.05) is 46.6 Å². The number of benzene rings is 1. The molecule has 4 saturated carbocycles. The number of aliphatic hydroxyl groups is 1. The number of carbonyl (C=O) groups excluding carboxylic acids is 2. The van der Waals surface area contributed by atoms with E-state index in [-0.39, 0.29) is 40.4 Å². The van der Waals surface area contributed by atoms with Crippen LogP contribution in [0.5, 0.6) is 11.5 Å². The fourth-order valence-corrected chi connectivity index (χ4v) is 18.5. The minimum absolute atomic E-state index is 0.0477. The zero-order valence-corrected chi connectivity index (χ0v) is 41.5. The Bertz CT molecular complexity index is 2160. The molecule has 0 aromatic heterocycles. The zero-order chi connectivity index (χ0) is 46.4. The number of aryl methyl sites for hydroxylation is 1. The van der Waals surface area contributed by atoms with Crippen molar-refractivity contribution >= 4 is 39.4 Å². The summed E-state index contributed by atoms with van der Waals surface area (Å²) >= 11 is 0. The first-order valence-corrected chi connectivity index (χ1v) is 28.3. The summed E-state index contributed by atoms with van der Waals surface area (Å²) in [6.07, 6.45) is 29.7. The van der Waals surface area contributed by atoms with Crippen LogP contribution in [-0.4, -0.2) is 80.5 Å². The number of hydrogen-bond acceptors (Lipinski definition) is 13. The number of nitrogens with one attached hydrogen (secondary N) is 2. The highest BCUT2D eigenvalue weighted by molar-refractivity contribution is 8.77. The van der Waals surface area contributed by atoms with Gasteiger partial charge >= 0.3 is 5.97 Å². The molecule has 366 valence electrons. The fraction of sp³-hybridized carbons (Fsp3) is 0.717. The molecular weight excluding hydrogens is 881 g/mol. The summed E-state index contributed by atoms with van der Waals surface area (Å²) in [6.45, 7) is 3.33. The van der Waals surface area contributed by atoms with Gasteiger partial charge in [0.05, 0.1) is 11.9 Å². The van der Waals surface area contributed by atoms with Crippen molar-refractivity contribution in [2.24, 2.45) is 39.1 Å². The molecule has 67 heavy (non-hydrogen) atoms. The lowest BCUT2D eigenvalue weighted by Crippen LogP contribution is -2.55. The third-order valence-corrected chi connectivity index (χ3v) is 21.7. The van der Waals surface area contributed by atoms with Gasteiger partial charge in [0.2, 0.25) is 5.91 Å². The second-order valence-corrected chi connectivity index (χ2v) is 25.2. The van der Waals surface area contributed by atoms with Gasteiger partial charge in [-0.15, -0.1) is 0 Å². The first-order valence-electron chi connectivity index (χ1n) is 26.1. The number of aromatic hydroxyl groups is 1. The summed E-state index contributed by atoms with van der Waals surface area (Å²) in [4.78, 5) is 33.9. The molecule has 14 heteroatoms. The number of phenols is 1. The Morgan fingerprint density at radius 1 is 0.985 bits per heavy atom. The van der Waals surface area contributed by atoms with E-state index in [9.17, 15) is 19.8 Å². The number of nitrogens with two attached hydrogens (primary N) is 2. The number of nitrogens with zero attached hydrogens (tertiary/aromatic N) is 2. The summed E-state index contributed by atoms with van der Waals surface area (Å²) in [5.74, 6) is 2.55. The van der Waals surface area contributed by atoms with Crippen LogP contribution in [0, 0.1) is 22.7 Å². The summed E-state index contributed by atoms with van der Waals surface area (Å²) < 4.78 is 13.0. The number of carbonyl (C=O) groups is 2. The van der Waals surface area contributed by atoms with Crippen LogP contribution in [0.4, 0.5) is 0 Å². The highest BCUT2D eigenvalue weighted by Gasteiger charge is 2.57. The van der Waals surface area contributed by atoms with Gasteiger partial charge in [0.1, 0.15) is 16.6 Å². The maximum absolute atomic E-state index is 14.5. The van der Waals surface area contributed by atoms with Crippen molar-refractivity contribution in [2.75, 3.05) is 19.6 Å². The van der Waals surface area contributed by atoms with Gasteiger partial charge < -0.3 is 46.7 Å². The molecule has 6 heterocycles. The lowest BCUT2D eigenvalue weighted by molar-refractivity contribution is -0.148. The molecule has 11 aliphatic rings. The molecule has 1 aromatic rings. The monoisotopic (exact) mass is 957 g/mol. The van der Waals surface area contributed by atoms with E-state index in [1.165, 1.54) is 71.1 Å². The van der Waals surface area contributed by atoms with Crippen molar-refractivity contribution in [1.82, 2.24) is 15.5 Å². The van der Waals surface area contributed by atoms with Crippen molar-refractivity contribution in [3.63, 3.8) is 0 Å². The van der Waals surface area contributed by atoms with E-state index in [2.05, 4.69) is 45.7 Å². The Morgan fingerprint density at radius 3 is 2.60 bits per heavy atom. The predicted molar refractivity (Wildman–Crippen MR) is 267 cm³/mol. The van der Waals surface area contributed by atoms with Crippen LogP contribution < -0.4 is 26.8 Å². The first-order chi connectivity index (χ1) is 32.3. The van der Waals surface area contributed by atoms with Gasteiger partial charge in [-0.25, -0.2) is 0 Å². The van der Waals surface area contributed by atoms with E-state index in [0.29, 0.717) is 105 Å². The molecule has 1 amide bonds. The number of ether oxygens (including phenoxy) is 2. The average molecular weight is 957 g/mol. The maximum Gasteiger partial charge on any atom is 0.302 e. The summed E-state index contributed by atoms with van der Waals surface area (Å²) in [7, 11) is 4.12. The molecular formula is C53H76N6O6S2. The number of amides is 1. The number of aliphatic hydroxyl groups excluding tert-OH is 1. The lowest BCUT2D eigenvalue weighted by atomic mass is 9.75. The molecule has 12 nitrogen and oxygen atoms in total. The Labute approximate surface area is 406 Å². The molecule has 0 radical (unpaired) electrons. The summed E-state index contributed by atoms with van der Waals surface area (Å²) in [5, 5.41) is 31.6. The smallest absolute Gasteiger partial charge is 0.302 e. The van der Waals surface area contributed by atoms with Gasteiger partial charge in [-0.3, -0.25) is 14.6 Å². The maximum atomic E-state index is 14.5. The summed E-state index contributed by atoms with van der Waals surface area (Å²) in [5.41, 5.74) is 16.5. The Kier molecular flexibility index (Phi) is 13.6. The normalized spacial score (nSPS) is 36.6. The third kappa shape index (κ3) is 9.71. The van der Waals surface area contributed by atoms with E-state index in [4.69, 9.17) is 25.9 Å². The van der Waals surface area contributed by atoms with Crippen molar-refractivity contribution in [2.45, 2.75) is 195 Å². The topological polar surface area (TPSA) is 185 Å². The number of dihydropyridines is 1. The number of allylic oxidation sites excluding steroid dienone is 3. The van der Waals surface area contributed by atoms with Crippen LogP contribution >= 0.6 is 21.6 Å². The quantitative estimate of drug-likeness (QED) is 0.0963. The van der Waals surface area contributed by atoms with E-state index in [1.807, 2.05) is 21.8 Å². The Balaban J connectivity index is 0.985. The van der Waals surface area contributed by atoms with Crippen molar-refractivity contribution in [3.05, 3.63) is 58.5 Å². The zero-order valence-electron chi connectivity index (χ0n) is 39.8. The molecule has 5 fully saturated rings. The van der Waals surface area contributed by atoms with Crippen LogP contribution in [0.2, 0.25) is 0 Å². The first kappa shape index (κ1) is 47.2. The van der Waals surface area contributed by atoms with Crippen LogP contribution in [-0.2, 0) is 27.3 Å². The molecule has 12 rings (SSSR count). The van der Waals surface area contributed by atoms with Gasteiger partial charge in [-0.05, 0) is 157 Å². The Hall–Kier alpha value is -3.49. The van der Waals surface area contributed by atoms with Gasteiger partial charge in [0.25, 0.3) is 0 Å². The predicted octanol–water partition coefficient (Wildman–Crippen LogP) is 8.89. The number of esters is 1. The lowest BCUT2D eigenvalue weighted by Gasteiger charge is -2.45. The van der Waals surface area contributed by atoms with Crippen LogP contribution in [0.15, 0.2) is 46.8 Å². The molecule has 6 aliphatic heterocycles. The van der Waals surface area contributed by atoms with E-state index < -0.39 is 23.2 Å². The van der Waals surface area contributed by atoms with Crippen LogP contribution in [0.25, 0.3) is 0 Å². The molecule has 3 spiro atoms. The SMILES string of the molecule is CC(=O)OC1CCc2cc(c(O)c3c2C2C=CC4(CCCC4C2)O3)CN2CC(CC3=CCNC(N)=C3)(CCN=C(N)NC3(CCCC34CCCC4)SSC3CCC(CCC(O)C1)CC3)CC2=O. The number of fused-ring (bicyclic) bond motifs is 12. The second-order valence-electron chi connectivity index (χ2n) is 22.4. The number of aliphatic imine (C=N–C) groups is 1. The van der Waals surface area contributed by atoms with Gasteiger partial charge in [-0.2, -0.15) is 0 Å². The van der Waals surface area contributed by atoms with E-state index in [1.54, 1.807) is 0 Å². The molecule has 8 bridgehead atoms. The molecule has 1 saturated heterocycles. The summed E-state index contributed by atoms with van der Waals surface area (Å²) in [6, 6.07) is 2.09. The fourth-order valence-electron chi connectivity index (χ4n) is 14.5. The van der Waals surface area contributed by atoms with Crippen LogP contribution in [0.3, 0.4) is 0 Å². The number of guanidine groups is 1. The minimum atomic E-state index is -0.574. The van der Waals surface area contributed by atoms with Crippen molar-refractivity contribution in [3.8, 4) is 11.5 Å².